The molecule has 1 aromatic carbocycles. The summed E-state index contributed by atoms with van der Waals surface area (Å²) in [5, 5.41) is 6.84. The van der Waals surface area contributed by atoms with E-state index >= 15 is 0 Å². The van der Waals surface area contributed by atoms with Crippen molar-refractivity contribution in [2.45, 2.75) is 19.3 Å². The normalized spacial score (nSPS) is 11.5. The van der Waals surface area contributed by atoms with Crippen LogP contribution in [0.25, 0.3) is 11.5 Å². The summed E-state index contributed by atoms with van der Waals surface area (Å²) < 4.78 is 60.8. The number of halogens is 4. The first kappa shape index (κ1) is 17.6. The number of hydrogen-bond donors (Lipinski definition) is 0. The number of benzene rings is 1. The molecule has 0 unspecified atom stereocenters. The Kier molecular flexibility index (Phi) is 4.69. The topological polar surface area (TPSA) is 83.0 Å². The van der Waals surface area contributed by atoms with Gasteiger partial charge < -0.3 is 9.26 Å². The minimum atomic E-state index is -4.59. The summed E-state index contributed by atoms with van der Waals surface area (Å²) in [5.41, 5.74) is -0.625. The van der Waals surface area contributed by atoms with Gasteiger partial charge in [-0.2, -0.15) is 23.3 Å². The van der Waals surface area contributed by atoms with Crippen molar-refractivity contribution < 1.29 is 31.6 Å². The summed E-state index contributed by atoms with van der Waals surface area (Å²) in [6.07, 6.45) is -3.57. The van der Waals surface area contributed by atoms with E-state index in [1.165, 1.54) is 24.3 Å². The van der Waals surface area contributed by atoms with E-state index in [9.17, 15) is 22.4 Å². The summed E-state index contributed by atoms with van der Waals surface area (Å²) in [6, 6.07) is 6.07. The Morgan fingerprint density at radius 2 is 1.92 bits per heavy atom. The van der Waals surface area contributed by atoms with Crippen LogP contribution < -0.4 is 0 Å². The van der Waals surface area contributed by atoms with E-state index in [-0.39, 0.29) is 18.3 Å². The summed E-state index contributed by atoms with van der Waals surface area (Å²) in [7, 11) is 0. The van der Waals surface area contributed by atoms with Crippen molar-refractivity contribution in [1.29, 1.82) is 0 Å². The fourth-order valence-electron chi connectivity index (χ4n) is 1.95. The molecule has 0 radical (unpaired) electrons. The van der Waals surface area contributed by atoms with E-state index in [1.54, 1.807) is 0 Å². The lowest BCUT2D eigenvalue weighted by atomic mass is 10.2. The van der Waals surface area contributed by atoms with Gasteiger partial charge in [-0.3, -0.25) is 9.48 Å². The Morgan fingerprint density at radius 3 is 2.58 bits per heavy atom. The number of hydrogen-bond acceptors (Lipinski definition) is 6. The molecule has 7 nitrogen and oxygen atoms in total. The molecular formula is C15H10F4N4O3. The molecule has 0 N–H and O–H groups in total. The third-order valence-electron chi connectivity index (χ3n) is 3.14. The largest absolute Gasteiger partial charge is 0.456 e. The molecule has 2 heterocycles. The highest BCUT2D eigenvalue weighted by molar-refractivity contribution is 5.69. The molecule has 136 valence electrons. The molecular weight excluding hydrogens is 360 g/mol. The van der Waals surface area contributed by atoms with Gasteiger partial charge in [-0.05, 0) is 30.3 Å². The Bertz CT molecular complexity index is 902. The number of esters is 1. The van der Waals surface area contributed by atoms with Crippen LogP contribution in [-0.4, -0.2) is 25.9 Å². The minimum absolute atomic E-state index is 0.0501. The molecule has 0 saturated carbocycles. The second kappa shape index (κ2) is 6.94. The van der Waals surface area contributed by atoms with Crippen molar-refractivity contribution in [1.82, 2.24) is 19.9 Å². The van der Waals surface area contributed by atoms with E-state index in [2.05, 4.69) is 15.2 Å². The van der Waals surface area contributed by atoms with Gasteiger partial charge in [0.25, 0.3) is 5.89 Å². The van der Waals surface area contributed by atoms with Crippen LogP contribution in [0.1, 0.15) is 11.5 Å². The number of ether oxygens (including phenoxy) is 1. The van der Waals surface area contributed by atoms with Crippen LogP contribution in [0.5, 0.6) is 0 Å². The molecule has 0 saturated heterocycles. The summed E-state index contributed by atoms with van der Waals surface area (Å²) >= 11 is 0. The molecule has 0 aliphatic rings. The average molecular weight is 370 g/mol. The number of carbonyl (C=O) groups excluding carboxylic acids is 1. The maximum atomic E-state index is 12.9. The molecule has 0 aliphatic carbocycles. The molecule has 3 aromatic rings. The molecule has 0 aliphatic heterocycles. The summed E-state index contributed by atoms with van der Waals surface area (Å²) in [5.74, 6) is -1.09. The van der Waals surface area contributed by atoms with E-state index in [1.807, 2.05) is 0 Å². The highest BCUT2D eigenvalue weighted by Crippen LogP contribution is 2.27. The van der Waals surface area contributed by atoms with Gasteiger partial charge in [0.1, 0.15) is 12.4 Å². The fourth-order valence-corrected chi connectivity index (χ4v) is 1.95. The van der Waals surface area contributed by atoms with Crippen molar-refractivity contribution >= 4 is 5.97 Å². The van der Waals surface area contributed by atoms with Crippen LogP contribution in [0.15, 0.2) is 41.1 Å². The standard InChI is InChI=1S/C15H10F4N4O3/c16-10-3-1-9(2-4-10)14-20-12(22-26-14)8-25-13(24)7-23-6-5-11(21-23)15(17,18)19/h1-6H,7-8H2. The van der Waals surface area contributed by atoms with E-state index in [4.69, 9.17) is 9.26 Å². The number of rotatable bonds is 5. The van der Waals surface area contributed by atoms with Gasteiger partial charge in [0.15, 0.2) is 12.3 Å². The zero-order chi connectivity index (χ0) is 18.7. The lowest BCUT2D eigenvalue weighted by molar-refractivity contribution is -0.147. The second-order valence-electron chi connectivity index (χ2n) is 5.08. The molecule has 0 amide bonds. The molecule has 3 rings (SSSR count). The lowest BCUT2D eigenvalue weighted by Crippen LogP contribution is -2.15. The van der Waals surface area contributed by atoms with Gasteiger partial charge in [-0.1, -0.05) is 5.16 Å². The predicted octanol–water partition coefficient (Wildman–Crippen LogP) is 2.83. The molecule has 0 atom stereocenters. The smallest absolute Gasteiger partial charge is 0.435 e. The number of aromatic nitrogens is 4. The zero-order valence-corrected chi connectivity index (χ0v) is 12.9. The molecule has 0 spiro atoms. The van der Waals surface area contributed by atoms with Crippen molar-refractivity contribution in [3.8, 4) is 11.5 Å². The van der Waals surface area contributed by atoms with Crippen molar-refractivity contribution in [2.75, 3.05) is 0 Å². The van der Waals surface area contributed by atoms with Crippen molar-refractivity contribution in [3.63, 3.8) is 0 Å². The third kappa shape index (κ3) is 4.23. The Balaban J connectivity index is 1.55. The molecule has 0 fully saturated rings. The Hall–Kier alpha value is -3.24. The first-order chi connectivity index (χ1) is 12.3. The highest BCUT2D eigenvalue weighted by Gasteiger charge is 2.33. The first-order valence-corrected chi connectivity index (χ1v) is 7.16. The fraction of sp³-hybridized carbons (Fsp3) is 0.200. The van der Waals surface area contributed by atoms with Crippen LogP contribution in [0.4, 0.5) is 17.6 Å². The predicted molar refractivity (Wildman–Crippen MR) is 76.7 cm³/mol. The van der Waals surface area contributed by atoms with Gasteiger partial charge in [0, 0.05) is 11.8 Å². The van der Waals surface area contributed by atoms with E-state index < -0.39 is 30.2 Å². The maximum absolute atomic E-state index is 12.9. The number of nitrogens with zero attached hydrogens (tertiary/aromatic N) is 4. The summed E-state index contributed by atoms with van der Waals surface area (Å²) in [6.45, 7) is -0.838. The molecule has 0 bridgehead atoms. The van der Waals surface area contributed by atoms with E-state index in [0.29, 0.717) is 5.56 Å². The molecule has 26 heavy (non-hydrogen) atoms. The number of carbonyl (C=O) groups is 1. The van der Waals surface area contributed by atoms with Gasteiger partial charge in [-0.25, -0.2) is 4.39 Å². The van der Waals surface area contributed by atoms with Crippen molar-refractivity contribution in [3.05, 3.63) is 53.9 Å². The van der Waals surface area contributed by atoms with Crippen LogP contribution in [0, 0.1) is 5.82 Å². The Labute approximate surface area is 143 Å². The van der Waals surface area contributed by atoms with Crippen LogP contribution in [0.3, 0.4) is 0 Å². The lowest BCUT2D eigenvalue weighted by Gasteiger charge is -2.03. The molecule has 2 aromatic heterocycles. The SMILES string of the molecule is O=C(Cn1ccc(C(F)(F)F)n1)OCc1noc(-c2ccc(F)cc2)n1. The van der Waals surface area contributed by atoms with Crippen LogP contribution >= 0.6 is 0 Å². The average Bonchev–Trinajstić information content (AvgIpc) is 3.22. The van der Waals surface area contributed by atoms with Gasteiger partial charge in [-0.15, -0.1) is 0 Å². The van der Waals surface area contributed by atoms with Crippen LogP contribution in [0.2, 0.25) is 0 Å². The van der Waals surface area contributed by atoms with Gasteiger partial charge in [0.05, 0.1) is 0 Å². The monoisotopic (exact) mass is 370 g/mol. The van der Waals surface area contributed by atoms with Gasteiger partial charge in [0.2, 0.25) is 5.82 Å². The number of alkyl halides is 3. The summed E-state index contributed by atoms with van der Waals surface area (Å²) in [4.78, 5) is 15.6. The third-order valence-corrected chi connectivity index (χ3v) is 3.14. The minimum Gasteiger partial charge on any atom is -0.456 e. The van der Waals surface area contributed by atoms with Gasteiger partial charge >= 0.3 is 12.1 Å². The highest BCUT2D eigenvalue weighted by atomic mass is 19.4. The first-order valence-electron chi connectivity index (χ1n) is 7.16. The maximum Gasteiger partial charge on any atom is 0.435 e. The van der Waals surface area contributed by atoms with E-state index in [0.717, 1.165) is 16.9 Å². The van der Waals surface area contributed by atoms with Crippen LogP contribution in [-0.2, 0) is 28.9 Å². The zero-order valence-electron chi connectivity index (χ0n) is 12.9. The molecule has 11 heteroatoms. The van der Waals surface area contributed by atoms with Crippen molar-refractivity contribution in [2.24, 2.45) is 0 Å². The second-order valence-corrected chi connectivity index (χ2v) is 5.08. The quantitative estimate of drug-likeness (QED) is 0.507. The Morgan fingerprint density at radius 1 is 1.19 bits per heavy atom.